The van der Waals surface area contributed by atoms with Crippen molar-refractivity contribution in [2.45, 2.75) is 12.5 Å². The molecule has 2 aromatic rings. The molecule has 88 valence electrons. The lowest BCUT2D eigenvalue weighted by atomic mass is 9.86. The first-order valence-corrected chi connectivity index (χ1v) is 7.01. The molecule has 0 amide bonds. The van der Waals surface area contributed by atoms with Crippen LogP contribution in [0.3, 0.4) is 0 Å². The maximum absolute atomic E-state index is 10.7. The van der Waals surface area contributed by atoms with Crippen LogP contribution >= 0.6 is 11.8 Å². The zero-order chi connectivity index (χ0) is 11.9. The lowest BCUT2D eigenvalue weighted by Gasteiger charge is -2.27. The standard InChI is InChI=1S/C14H15NOS/c1-10-8-17-9-14(10,16)12-6-11-4-2-3-5-13(11)15-7-12/h2-7,10,16H,8-9H2,1H3. The maximum atomic E-state index is 10.7. The highest BCUT2D eigenvalue weighted by Crippen LogP contribution is 2.41. The molecule has 1 aliphatic rings. The summed E-state index contributed by atoms with van der Waals surface area (Å²) < 4.78 is 0. The Morgan fingerprint density at radius 1 is 1.41 bits per heavy atom. The average Bonchev–Trinajstić information content (AvgIpc) is 2.70. The summed E-state index contributed by atoms with van der Waals surface area (Å²) in [5.74, 6) is 2.08. The molecule has 1 aromatic heterocycles. The molecule has 2 unspecified atom stereocenters. The van der Waals surface area contributed by atoms with Crippen LogP contribution in [0.2, 0.25) is 0 Å². The minimum absolute atomic E-state index is 0.287. The van der Waals surface area contributed by atoms with Crippen LogP contribution in [0.25, 0.3) is 10.9 Å². The van der Waals surface area contributed by atoms with Gasteiger partial charge in [0.15, 0.2) is 0 Å². The molecule has 2 heterocycles. The van der Waals surface area contributed by atoms with Gasteiger partial charge in [-0.2, -0.15) is 11.8 Å². The summed E-state index contributed by atoms with van der Waals surface area (Å²) in [7, 11) is 0. The number of benzene rings is 1. The largest absolute Gasteiger partial charge is 0.384 e. The number of hydrogen-bond donors (Lipinski definition) is 1. The first-order chi connectivity index (χ1) is 8.20. The quantitative estimate of drug-likeness (QED) is 0.838. The number of hydrogen-bond acceptors (Lipinski definition) is 3. The van der Waals surface area contributed by atoms with Gasteiger partial charge in [-0.15, -0.1) is 0 Å². The second kappa shape index (κ2) is 4.00. The van der Waals surface area contributed by atoms with E-state index in [1.807, 2.05) is 42.2 Å². The van der Waals surface area contributed by atoms with E-state index in [0.29, 0.717) is 0 Å². The zero-order valence-electron chi connectivity index (χ0n) is 9.76. The number of para-hydroxylation sites is 1. The van der Waals surface area contributed by atoms with Gasteiger partial charge in [0.2, 0.25) is 0 Å². The summed E-state index contributed by atoms with van der Waals surface area (Å²) in [6.45, 7) is 2.11. The van der Waals surface area contributed by atoms with Gasteiger partial charge in [0.25, 0.3) is 0 Å². The van der Waals surface area contributed by atoms with Crippen molar-refractivity contribution in [3.05, 3.63) is 42.1 Å². The summed E-state index contributed by atoms with van der Waals surface area (Å²) in [6, 6.07) is 10.1. The Balaban J connectivity index is 2.12. The third-order valence-corrected chi connectivity index (χ3v) is 4.98. The SMILES string of the molecule is CC1CSCC1(O)c1cnc2ccccc2c1. The van der Waals surface area contributed by atoms with Gasteiger partial charge in [-0.25, -0.2) is 0 Å². The van der Waals surface area contributed by atoms with E-state index in [1.165, 1.54) is 0 Å². The molecule has 3 rings (SSSR count). The first kappa shape index (κ1) is 11.1. The highest BCUT2D eigenvalue weighted by Gasteiger charge is 2.40. The van der Waals surface area contributed by atoms with Crippen molar-refractivity contribution in [1.29, 1.82) is 0 Å². The third-order valence-electron chi connectivity index (χ3n) is 3.60. The van der Waals surface area contributed by atoms with E-state index in [9.17, 15) is 5.11 Å². The summed E-state index contributed by atoms with van der Waals surface area (Å²) in [5, 5.41) is 11.8. The number of pyridine rings is 1. The molecule has 0 aliphatic carbocycles. The molecule has 0 bridgehead atoms. The number of aromatic nitrogens is 1. The van der Waals surface area contributed by atoms with E-state index >= 15 is 0 Å². The fourth-order valence-corrected chi connectivity index (χ4v) is 3.86. The number of thioether (sulfide) groups is 1. The average molecular weight is 245 g/mol. The lowest BCUT2D eigenvalue weighted by Crippen LogP contribution is -2.32. The summed E-state index contributed by atoms with van der Waals surface area (Å²) in [4.78, 5) is 4.44. The summed E-state index contributed by atoms with van der Waals surface area (Å²) >= 11 is 1.81. The number of nitrogens with zero attached hydrogens (tertiary/aromatic N) is 1. The molecule has 1 aliphatic heterocycles. The second-order valence-electron chi connectivity index (χ2n) is 4.76. The van der Waals surface area contributed by atoms with Crippen molar-refractivity contribution < 1.29 is 5.11 Å². The molecule has 2 nitrogen and oxygen atoms in total. The Morgan fingerprint density at radius 3 is 3.00 bits per heavy atom. The molecule has 0 spiro atoms. The van der Waals surface area contributed by atoms with Crippen LogP contribution in [0.4, 0.5) is 0 Å². The van der Waals surface area contributed by atoms with Gasteiger partial charge in [0, 0.05) is 22.9 Å². The van der Waals surface area contributed by atoms with E-state index in [2.05, 4.69) is 18.0 Å². The second-order valence-corrected chi connectivity index (χ2v) is 5.79. The molecule has 2 atom stereocenters. The van der Waals surface area contributed by atoms with Gasteiger partial charge in [0.05, 0.1) is 5.52 Å². The Labute approximate surface area is 105 Å². The molecule has 1 N–H and O–H groups in total. The molecular weight excluding hydrogens is 230 g/mol. The van der Waals surface area contributed by atoms with Crippen LogP contribution in [0.5, 0.6) is 0 Å². The van der Waals surface area contributed by atoms with Crippen LogP contribution in [0, 0.1) is 5.92 Å². The fraction of sp³-hybridized carbons (Fsp3) is 0.357. The Hall–Kier alpha value is -1.06. The van der Waals surface area contributed by atoms with Gasteiger partial charge in [-0.3, -0.25) is 4.98 Å². The van der Waals surface area contributed by atoms with Crippen LogP contribution in [0.15, 0.2) is 36.5 Å². The van der Waals surface area contributed by atoms with Gasteiger partial charge in [0.1, 0.15) is 5.60 Å². The van der Waals surface area contributed by atoms with Gasteiger partial charge in [-0.1, -0.05) is 25.1 Å². The minimum atomic E-state index is -0.707. The molecule has 17 heavy (non-hydrogen) atoms. The van der Waals surface area contributed by atoms with E-state index < -0.39 is 5.60 Å². The van der Waals surface area contributed by atoms with Crippen LogP contribution < -0.4 is 0 Å². The molecule has 3 heteroatoms. The van der Waals surface area contributed by atoms with Crippen LogP contribution in [-0.4, -0.2) is 21.6 Å². The summed E-state index contributed by atoms with van der Waals surface area (Å²) in [5.41, 5.74) is 1.23. The topological polar surface area (TPSA) is 33.1 Å². The number of rotatable bonds is 1. The smallest absolute Gasteiger partial charge is 0.103 e. The highest BCUT2D eigenvalue weighted by atomic mass is 32.2. The van der Waals surface area contributed by atoms with E-state index in [4.69, 9.17) is 0 Å². The first-order valence-electron chi connectivity index (χ1n) is 5.85. The van der Waals surface area contributed by atoms with Crippen molar-refractivity contribution in [2.24, 2.45) is 5.92 Å². The van der Waals surface area contributed by atoms with Gasteiger partial charge >= 0.3 is 0 Å². The van der Waals surface area contributed by atoms with Crippen molar-refractivity contribution in [3.8, 4) is 0 Å². The minimum Gasteiger partial charge on any atom is -0.384 e. The Kier molecular flexibility index (Phi) is 2.60. The normalized spacial score (nSPS) is 28.7. The number of fused-ring (bicyclic) bond motifs is 1. The summed E-state index contributed by atoms with van der Waals surface area (Å²) in [6.07, 6.45) is 1.82. The van der Waals surface area contributed by atoms with E-state index in [1.54, 1.807) is 0 Å². The Bertz CT molecular complexity index is 557. The van der Waals surface area contributed by atoms with Crippen molar-refractivity contribution >= 4 is 22.7 Å². The van der Waals surface area contributed by atoms with Gasteiger partial charge < -0.3 is 5.11 Å². The van der Waals surface area contributed by atoms with E-state index in [-0.39, 0.29) is 5.92 Å². The third kappa shape index (κ3) is 1.74. The monoisotopic (exact) mass is 245 g/mol. The van der Waals surface area contributed by atoms with E-state index in [0.717, 1.165) is 28.0 Å². The lowest BCUT2D eigenvalue weighted by molar-refractivity contribution is 0.0233. The van der Waals surface area contributed by atoms with Crippen LogP contribution in [0.1, 0.15) is 12.5 Å². The predicted molar refractivity (Wildman–Crippen MR) is 72.1 cm³/mol. The zero-order valence-corrected chi connectivity index (χ0v) is 10.6. The fourth-order valence-electron chi connectivity index (χ4n) is 2.35. The molecule has 1 saturated heterocycles. The van der Waals surface area contributed by atoms with Gasteiger partial charge in [-0.05, 0) is 23.8 Å². The predicted octanol–water partition coefficient (Wildman–Crippen LogP) is 2.81. The van der Waals surface area contributed by atoms with Crippen molar-refractivity contribution in [2.75, 3.05) is 11.5 Å². The Morgan fingerprint density at radius 2 is 2.24 bits per heavy atom. The maximum Gasteiger partial charge on any atom is 0.103 e. The van der Waals surface area contributed by atoms with Crippen molar-refractivity contribution in [3.63, 3.8) is 0 Å². The highest BCUT2D eigenvalue weighted by molar-refractivity contribution is 7.99. The molecule has 1 aromatic carbocycles. The number of aliphatic hydroxyl groups is 1. The molecule has 1 fully saturated rings. The molecule has 0 radical (unpaired) electrons. The molecular formula is C14H15NOS. The van der Waals surface area contributed by atoms with Crippen molar-refractivity contribution in [1.82, 2.24) is 4.98 Å². The molecule has 0 saturated carbocycles. The van der Waals surface area contributed by atoms with Crippen LogP contribution in [-0.2, 0) is 5.60 Å².